The summed E-state index contributed by atoms with van der Waals surface area (Å²) in [4.78, 5) is 37.9. The molecule has 5 rings (SSSR count). The second kappa shape index (κ2) is 4.35. The van der Waals surface area contributed by atoms with Gasteiger partial charge < -0.3 is 0 Å². The van der Waals surface area contributed by atoms with E-state index in [-0.39, 0.29) is 40.9 Å². The fraction of sp³-hybridized carbons (Fsp3) is 0.421. The minimum Gasteiger partial charge on any atom is -0.272 e. The molecule has 1 N–H and O–H groups in total. The largest absolute Gasteiger partial charge is 0.272 e. The Bertz CT molecular complexity index is 772. The molecule has 0 unspecified atom stereocenters. The molecule has 5 heteroatoms. The molecule has 4 atom stereocenters. The highest BCUT2D eigenvalue weighted by Crippen LogP contribution is 2.73. The molecule has 3 fully saturated rings. The first-order chi connectivity index (χ1) is 11.5. The molecule has 2 bridgehead atoms. The van der Waals surface area contributed by atoms with Crippen molar-refractivity contribution >= 4 is 17.7 Å². The van der Waals surface area contributed by atoms with E-state index >= 15 is 0 Å². The van der Waals surface area contributed by atoms with Crippen LogP contribution in [-0.4, -0.2) is 22.7 Å². The quantitative estimate of drug-likeness (QED) is 0.667. The summed E-state index contributed by atoms with van der Waals surface area (Å²) < 4.78 is 0. The standard InChI is InChI=1S/C19H18N2O3/c1-10-2-4-11(5-3-10)16(22)20-21-17(23)14-12-6-7-13(15(14)18(21)24)19(12)8-9-19/h2-7,12-15H,8-9H2,1H3,(H,20,22)/t12-,13-,14-,15+/m1/s1. The van der Waals surface area contributed by atoms with Crippen molar-refractivity contribution in [1.29, 1.82) is 0 Å². The van der Waals surface area contributed by atoms with E-state index in [1.54, 1.807) is 12.1 Å². The van der Waals surface area contributed by atoms with Gasteiger partial charge in [0.15, 0.2) is 0 Å². The number of amides is 3. The van der Waals surface area contributed by atoms with Crippen LogP contribution in [0.15, 0.2) is 36.4 Å². The van der Waals surface area contributed by atoms with Gasteiger partial charge in [0.05, 0.1) is 11.8 Å². The van der Waals surface area contributed by atoms with Gasteiger partial charge in [0.1, 0.15) is 0 Å². The summed E-state index contributed by atoms with van der Waals surface area (Å²) in [5.41, 5.74) is 4.19. The van der Waals surface area contributed by atoms with Gasteiger partial charge in [0.25, 0.3) is 17.7 Å². The number of hydrogen-bond donors (Lipinski definition) is 1. The van der Waals surface area contributed by atoms with Crippen LogP contribution < -0.4 is 5.43 Å². The van der Waals surface area contributed by atoms with Gasteiger partial charge >= 0.3 is 0 Å². The Hall–Kier alpha value is -2.43. The Balaban J connectivity index is 1.39. The van der Waals surface area contributed by atoms with Crippen LogP contribution in [-0.2, 0) is 9.59 Å². The number of aryl methyl sites for hydroxylation is 1. The number of nitrogens with one attached hydrogen (secondary N) is 1. The van der Waals surface area contributed by atoms with E-state index in [1.807, 2.05) is 19.1 Å². The molecule has 1 heterocycles. The van der Waals surface area contributed by atoms with Crippen molar-refractivity contribution in [2.45, 2.75) is 19.8 Å². The van der Waals surface area contributed by atoms with Gasteiger partial charge in [-0.1, -0.05) is 29.8 Å². The average Bonchev–Trinajstić information content (AvgIpc) is 3.18. The topological polar surface area (TPSA) is 66.5 Å². The van der Waals surface area contributed by atoms with Gasteiger partial charge in [-0.3, -0.25) is 19.8 Å². The highest BCUT2D eigenvalue weighted by molar-refractivity contribution is 6.09. The highest BCUT2D eigenvalue weighted by Gasteiger charge is 2.73. The molecule has 0 aromatic heterocycles. The monoisotopic (exact) mass is 322 g/mol. The maximum Gasteiger partial charge on any atom is 0.270 e. The lowest BCUT2D eigenvalue weighted by molar-refractivity contribution is -0.144. The van der Waals surface area contributed by atoms with Crippen LogP contribution >= 0.6 is 0 Å². The van der Waals surface area contributed by atoms with E-state index in [1.165, 1.54) is 0 Å². The number of carbonyl (C=O) groups is 3. The third-order valence-electron chi connectivity index (χ3n) is 6.38. The Kier molecular flexibility index (Phi) is 2.53. The van der Waals surface area contributed by atoms with Gasteiger partial charge in [0, 0.05) is 5.56 Å². The molecule has 1 aromatic carbocycles. The first kappa shape index (κ1) is 14.0. The number of imide groups is 1. The number of allylic oxidation sites excluding steroid dienone is 2. The second-order valence-electron chi connectivity index (χ2n) is 7.54. The van der Waals surface area contributed by atoms with E-state index < -0.39 is 5.91 Å². The van der Waals surface area contributed by atoms with Crippen LogP contribution in [0, 0.1) is 36.0 Å². The van der Waals surface area contributed by atoms with Crippen molar-refractivity contribution < 1.29 is 14.4 Å². The summed E-state index contributed by atoms with van der Waals surface area (Å²) in [5, 5.41) is 0.972. The summed E-state index contributed by atoms with van der Waals surface area (Å²) >= 11 is 0. The molecule has 4 aliphatic rings. The Morgan fingerprint density at radius 1 is 1.04 bits per heavy atom. The number of rotatable bonds is 2. The summed E-state index contributed by atoms with van der Waals surface area (Å²) in [7, 11) is 0. The smallest absolute Gasteiger partial charge is 0.270 e. The van der Waals surface area contributed by atoms with Crippen molar-refractivity contribution in [2.24, 2.45) is 29.1 Å². The predicted molar refractivity (Wildman–Crippen MR) is 85.3 cm³/mol. The normalized spacial score (nSPS) is 34.1. The van der Waals surface area contributed by atoms with Crippen molar-refractivity contribution in [3.05, 3.63) is 47.5 Å². The molecule has 2 saturated carbocycles. The van der Waals surface area contributed by atoms with Crippen LogP contribution in [0.25, 0.3) is 0 Å². The van der Waals surface area contributed by atoms with Crippen molar-refractivity contribution in [3.63, 3.8) is 0 Å². The van der Waals surface area contributed by atoms with E-state index in [9.17, 15) is 14.4 Å². The summed E-state index contributed by atoms with van der Waals surface area (Å²) in [5.74, 6) is -1.13. The first-order valence-electron chi connectivity index (χ1n) is 8.47. The number of nitrogens with zero attached hydrogens (tertiary/aromatic N) is 1. The average molecular weight is 322 g/mol. The van der Waals surface area contributed by atoms with Crippen molar-refractivity contribution in [1.82, 2.24) is 10.4 Å². The predicted octanol–water partition coefficient (Wildman–Crippen LogP) is 1.84. The molecular formula is C19H18N2O3. The Labute approximate surface area is 139 Å². The molecule has 1 aromatic rings. The van der Waals surface area contributed by atoms with E-state index in [0.29, 0.717) is 5.56 Å². The van der Waals surface area contributed by atoms with Crippen LogP contribution in [0.3, 0.4) is 0 Å². The van der Waals surface area contributed by atoms with Gasteiger partial charge in [0.2, 0.25) is 0 Å². The molecule has 5 nitrogen and oxygen atoms in total. The Morgan fingerprint density at radius 2 is 1.58 bits per heavy atom. The zero-order valence-electron chi connectivity index (χ0n) is 13.4. The number of hydrogen-bond acceptors (Lipinski definition) is 3. The molecule has 24 heavy (non-hydrogen) atoms. The van der Waals surface area contributed by atoms with Crippen LogP contribution in [0.1, 0.15) is 28.8 Å². The Morgan fingerprint density at radius 3 is 2.08 bits per heavy atom. The van der Waals surface area contributed by atoms with E-state index in [2.05, 4.69) is 17.6 Å². The number of carbonyl (C=O) groups excluding carboxylic acids is 3. The lowest BCUT2D eigenvalue weighted by Gasteiger charge is -2.22. The van der Waals surface area contributed by atoms with Crippen molar-refractivity contribution in [3.8, 4) is 0 Å². The maximum atomic E-state index is 12.8. The van der Waals surface area contributed by atoms with Gasteiger partial charge in [-0.2, -0.15) is 5.01 Å². The minimum atomic E-state index is -0.418. The third kappa shape index (κ3) is 1.57. The maximum absolute atomic E-state index is 12.8. The van der Waals surface area contributed by atoms with Crippen LogP contribution in [0.5, 0.6) is 0 Å². The summed E-state index contributed by atoms with van der Waals surface area (Å²) in [6, 6.07) is 7.05. The fourth-order valence-electron chi connectivity index (χ4n) is 5.06. The zero-order valence-corrected chi connectivity index (χ0v) is 13.4. The molecule has 3 aliphatic carbocycles. The lowest BCUT2D eigenvalue weighted by atomic mass is 9.85. The molecule has 3 amide bonds. The SMILES string of the molecule is Cc1ccc(C(=O)NN2C(=O)[C@@H]3[C@H](C2=O)[C@H]2C=C[C@H]3C23CC3)cc1. The molecule has 1 saturated heterocycles. The molecular weight excluding hydrogens is 304 g/mol. The van der Waals surface area contributed by atoms with Crippen molar-refractivity contribution in [2.75, 3.05) is 0 Å². The van der Waals surface area contributed by atoms with Crippen LogP contribution in [0.4, 0.5) is 0 Å². The summed E-state index contributed by atoms with van der Waals surface area (Å²) in [6.45, 7) is 1.94. The fourth-order valence-corrected chi connectivity index (χ4v) is 5.06. The third-order valence-corrected chi connectivity index (χ3v) is 6.38. The molecule has 0 radical (unpaired) electrons. The van der Waals surface area contributed by atoms with Gasteiger partial charge in [-0.05, 0) is 49.1 Å². The first-order valence-corrected chi connectivity index (χ1v) is 8.47. The minimum absolute atomic E-state index is 0.172. The number of fused-ring (bicyclic) bond motifs is 3. The second-order valence-corrected chi connectivity index (χ2v) is 7.54. The van der Waals surface area contributed by atoms with Gasteiger partial charge in [-0.25, -0.2) is 0 Å². The van der Waals surface area contributed by atoms with Gasteiger partial charge in [-0.15, -0.1) is 0 Å². The summed E-state index contributed by atoms with van der Waals surface area (Å²) in [6.07, 6.45) is 6.46. The van der Waals surface area contributed by atoms with E-state index in [0.717, 1.165) is 23.4 Å². The highest BCUT2D eigenvalue weighted by atomic mass is 16.2. The van der Waals surface area contributed by atoms with E-state index in [4.69, 9.17) is 0 Å². The molecule has 1 aliphatic heterocycles. The zero-order chi connectivity index (χ0) is 16.6. The number of hydrazine groups is 1. The van der Waals surface area contributed by atoms with Crippen LogP contribution in [0.2, 0.25) is 0 Å². The molecule has 122 valence electrons. The molecule has 1 spiro atoms. The lowest BCUT2D eigenvalue weighted by Crippen LogP contribution is -2.47. The number of benzene rings is 1.